The minimum absolute atomic E-state index is 0.00256. The molecule has 0 aliphatic rings. The molecule has 0 saturated carbocycles. The minimum Gasteiger partial charge on any atom is -0.496 e. The van der Waals surface area contributed by atoms with Gasteiger partial charge in [-0.2, -0.15) is 0 Å². The Hall–Kier alpha value is -3.29. The van der Waals surface area contributed by atoms with Gasteiger partial charge < -0.3 is 14.6 Å². The first-order valence-electron chi connectivity index (χ1n) is 10.4. The highest BCUT2D eigenvalue weighted by Gasteiger charge is 2.23. The molecule has 0 aliphatic carbocycles. The number of aromatic nitrogens is 1. The molecule has 0 fully saturated rings. The number of fused-ring (bicyclic) bond motifs is 1. The average Bonchev–Trinajstić information content (AvgIpc) is 3.19. The number of hydrogen-bond donors (Lipinski definition) is 1. The van der Waals surface area contributed by atoms with Crippen LogP contribution in [0.4, 0.5) is 0 Å². The molecule has 1 amide bonds. The largest absolute Gasteiger partial charge is 0.496 e. The Morgan fingerprint density at radius 3 is 2.45 bits per heavy atom. The first-order valence-corrected chi connectivity index (χ1v) is 12.2. The van der Waals surface area contributed by atoms with Crippen LogP contribution in [0.2, 0.25) is 5.02 Å². The predicted molar refractivity (Wildman–Crippen MR) is 129 cm³/mol. The third kappa shape index (κ3) is 4.89. The van der Waals surface area contributed by atoms with Crippen molar-refractivity contribution >= 4 is 38.2 Å². The van der Waals surface area contributed by atoms with Gasteiger partial charge in [-0.25, -0.2) is 8.42 Å². The second-order valence-corrected chi connectivity index (χ2v) is 9.86. The summed E-state index contributed by atoms with van der Waals surface area (Å²) in [6, 6.07) is 20.9. The van der Waals surface area contributed by atoms with Gasteiger partial charge >= 0.3 is 0 Å². The average molecular weight is 483 g/mol. The third-order valence-electron chi connectivity index (χ3n) is 5.39. The molecule has 6 nitrogen and oxygen atoms in total. The van der Waals surface area contributed by atoms with E-state index in [1.165, 1.54) is 18.3 Å². The quantitative estimate of drug-likeness (QED) is 0.401. The van der Waals surface area contributed by atoms with E-state index in [4.69, 9.17) is 16.3 Å². The number of benzene rings is 3. The van der Waals surface area contributed by atoms with Crippen LogP contribution in [0, 0.1) is 0 Å². The molecule has 0 unspecified atom stereocenters. The summed E-state index contributed by atoms with van der Waals surface area (Å²) in [5, 5.41) is 3.93. The molecule has 8 heteroatoms. The molecule has 0 atom stereocenters. The zero-order chi connectivity index (χ0) is 23.4. The predicted octanol–water partition coefficient (Wildman–Crippen LogP) is 4.50. The number of nitrogens with one attached hydrogen (secondary N) is 1. The topological polar surface area (TPSA) is 77.4 Å². The first-order chi connectivity index (χ1) is 15.9. The van der Waals surface area contributed by atoms with E-state index >= 15 is 0 Å². The monoisotopic (exact) mass is 482 g/mol. The van der Waals surface area contributed by atoms with Crippen LogP contribution >= 0.6 is 11.6 Å². The molecule has 0 aliphatic heterocycles. The molecule has 0 spiro atoms. The van der Waals surface area contributed by atoms with Crippen molar-refractivity contribution in [1.29, 1.82) is 0 Å². The number of carbonyl (C=O) groups excluding carboxylic acids is 1. The van der Waals surface area contributed by atoms with Crippen LogP contribution in [0.15, 0.2) is 88.8 Å². The van der Waals surface area contributed by atoms with E-state index in [9.17, 15) is 13.2 Å². The summed E-state index contributed by atoms with van der Waals surface area (Å²) < 4.78 is 33.6. The van der Waals surface area contributed by atoms with Crippen LogP contribution in [-0.4, -0.2) is 32.5 Å². The Bertz CT molecular complexity index is 1400. The van der Waals surface area contributed by atoms with Gasteiger partial charge in [0, 0.05) is 28.7 Å². The van der Waals surface area contributed by atoms with E-state index in [1.54, 1.807) is 42.0 Å². The van der Waals surface area contributed by atoms with Gasteiger partial charge in [0.05, 0.1) is 16.9 Å². The van der Waals surface area contributed by atoms with Crippen LogP contribution in [0.25, 0.3) is 10.9 Å². The number of sulfone groups is 1. The van der Waals surface area contributed by atoms with Crippen molar-refractivity contribution in [2.45, 2.75) is 22.8 Å². The van der Waals surface area contributed by atoms with E-state index in [0.29, 0.717) is 28.9 Å². The van der Waals surface area contributed by atoms with Gasteiger partial charge in [-0.05, 0) is 48.4 Å². The zero-order valence-corrected chi connectivity index (χ0v) is 19.6. The highest BCUT2D eigenvalue weighted by atomic mass is 35.5. The van der Waals surface area contributed by atoms with Crippen molar-refractivity contribution in [1.82, 2.24) is 9.88 Å². The smallest absolute Gasteiger partial charge is 0.239 e. The van der Waals surface area contributed by atoms with Crippen LogP contribution in [0.3, 0.4) is 0 Å². The van der Waals surface area contributed by atoms with Crippen molar-refractivity contribution in [2.24, 2.45) is 0 Å². The van der Waals surface area contributed by atoms with Crippen molar-refractivity contribution < 1.29 is 17.9 Å². The molecule has 0 bridgehead atoms. The minimum atomic E-state index is -3.78. The Kier molecular flexibility index (Phi) is 6.72. The highest BCUT2D eigenvalue weighted by Crippen LogP contribution is 2.30. The maximum absolute atomic E-state index is 13.3. The third-order valence-corrected chi connectivity index (χ3v) is 7.44. The molecule has 0 saturated heterocycles. The number of nitrogens with zero attached hydrogens (tertiary/aromatic N) is 1. The van der Waals surface area contributed by atoms with Gasteiger partial charge in [-0.1, -0.05) is 48.0 Å². The molecule has 4 aromatic rings. The summed E-state index contributed by atoms with van der Waals surface area (Å²) in [6.07, 6.45) is 2.15. The molecule has 1 aromatic heterocycles. The maximum Gasteiger partial charge on any atom is 0.239 e. The van der Waals surface area contributed by atoms with Crippen molar-refractivity contribution in [3.8, 4) is 5.75 Å². The molecular formula is C25H23ClN2O4S. The van der Waals surface area contributed by atoms with Gasteiger partial charge in [-0.15, -0.1) is 0 Å². The number of methoxy groups -OCH3 is 1. The van der Waals surface area contributed by atoms with E-state index in [1.807, 2.05) is 30.3 Å². The molecular weight excluding hydrogens is 460 g/mol. The van der Waals surface area contributed by atoms with Crippen LogP contribution in [0.5, 0.6) is 5.75 Å². The number of rotatable bonds is 8. The standard InChI is InChI=1S/C25H23ClN2O4S/c1-32-23-9-5-2-6-18(23)14-15-27-25(29)17-28-16-24(21-7-3-4-8-22(21)28)33(30,31)20-12-10-19(26)11-13-20/h2-13,16H,14-15,17H2,1H3,(H,27,29). The van der Waals surface area contributed by atoms with Gasteiger partial charge in [0.2, 0.25) is 15.7 Å². The lowest BCUT2D eigenvalue weighted by molar-refractivity contribution is -0.121. The highest BCUT2D eigenvalue weighted by molar-refractivity contribution is 7.91. The maximum atomic E-state index is 13.3. The fourth-order valence-electron chi connectivity index (χ4n) is 3.76. The number of ether oxygens (including phenoxy) is 1. The number of amides is 1. The Morgan fingerprint density at radius 1 is 1.00 bits per heavy atom. The van der Waals surface area contributed by atoms with Crippen LogP contribution in [0.1, 0.15) is 5.56 Å². The zero-order valence-electron chi connectivity index (χ0n) is 18.0. The van der Waals surface area contributed by atoms with E-state index in [2.05, 4.69) is 5.32 Å². The fourth-order valence-corrected chi connectivity index (χ4v) is 5.36. The van der Waals surface area contributed by atoms with Gasteiger partial charge in [-0.3, -0.25) is 4.79 Å². The number of hydrogen-bond acceptors (Lipinski definition) is 4. The van der Waals surface area contributed by atoms with Crippen LogP contribution < -0.4 is 10.1 Å². The van der Waals surface area contributed by atoms with E-state index in [0.717, 1.165) is 11.3 Å². The molecule has 3 aromatic carbocycles. The lowest BCUT2D eigenvalue weighted by Crippen LogP contribution is -2.29. The molecule has 0 radical (unpaired) electrons. The molecule has 1 heterocycles. The summed E-state index contributed by atoms with van der Waals surface area (Å²) in [7, 11) is -2.17. The van der Waals surface area contributed by atoms with Crippen molar-refractivity contribution in [2.75, 3.05) is 13.7 Å². The van der Waals surface area contributed by atoms with Crippen molar-refractivity contribution in [3.05, 3.63) is 89.6 Å². The summed E-state index contributed by atoms with van der Waals surface area (Å²) in [6.45, 7) is 0.441. The fraction of sp³-hybridized carbons (Fsp3) is 0.160. The Labute approximate surface area is 197 Å². The second-order valence-electron chi connectivity index (χ2n) is 7.51. The number of halogens is 1. The van der Waals surface area contributed by atoms with Crippen LogP contribution in [-0.2, 0) is 27.6 Å². The number of carbonyl (C=O) groups is 1. The molecule has 33 heavy (non-hydrogen) atoms. The van der Waals surface area contributed by atoms with Gasteiger partial charge in [0.25, 0.3) is 0 Å². The number of para-hydroxylation sites is 2. The van der Waals surface area contributed by atoms with Gasteiger partial charge in [0.1, 0.15) is 12.3 Å². The summed E-state index contributed by atoms with van der Waals surface area (Å²) in [4.78, 5) is 12.9. The lowest BCUT2D eigenvalue weighted by Gasteiger charge is -2.10. The van der Waals surface area contributed by atoms with E-state index in [-0.39, 0.29) is 22.2 Å². The van der Waals surface area contributed by atoms with Crippen molar-refractivity contribution in [3.63, 3.8) is 0 Å². The van der Waals surface area contributed by atoms with E-state index < -0.39 is 9.84 Å². The second kappa shape index (κ2) is 9.68. The van der Waals surface area contributed by atoms with Gasteiger partial charge in [0.15, 0.2) is 0 Å². The molecule has 4 rings (SSSR count). The lowest BCUT2D eigenvalue weighted by atomic mass is 10.1. The summed E-state index contributed by atoms with van der Waals surface area (Å²) in [5.74, 6) is 0.571. The Balaban J connectivity index is 1.54. The first kappa shape index (κ1) is 22.9. The SMILES string of the molecule is COc1ccccc1CCNC(=O)Cn1cc(S(=O)(=O)c2ccc(Cl)cc2)c2ccccc21. The molecule has 1 N–H and O–H groups in total. The summed E-state index contributed by atoms with van der Waals surface area (Å²) in [5.41, 5.74) is 1.67. The Morgan fingerprint density at radius 2 is 1.70 bits per heavy atom. The molecule has 170 valence electrons. The normalized spacial score (nSPS) is 11.5. The summed E-state index contributed by atoms with van der Waals surface area (Å²) >= 11 is 5.91.